The van der Waals surface area contributed by atoms with E-state index >= 15 is 0 Å². The molecule has 3 N–H and O–H groups in total. The van der Waals surface area contributed by atoms with E-state index in [0.717, 1.165) is 31.4 Å². The number of aromatic nitrogens is 3. The molecule has 2 aromatic heterocycles. The highest BCUT2D eigenvalue weighted by atomic mass is 32.2. The van der Waals surface area contributed by atoms with Crippen LogP contribution in [0.25, 0.3) is 0 Å². The molecule has 0 amide bonds. The zero-order chi connectivity index (χ0) is 14.3. The molecule has 0 unspecified atom stereocenters. The van der Waals surface area contributed by atoms with Crippen molar-refractivity contribution in [3.05, 3.63) is 16.9 Å². The topological polar surface area (TPSA) is 103 Å². The molecule has 0 bridgehead atoms. The van der Waals surface area contributed by atoms with Crippen molar-refractivity contribution < 1.29 is 8.42 Å². The number of sulfonamides is 1. The Morgan fingerprint density at radius 2 is 2.15 bits per heavy atom. The molecular formula is C11H15N5O2S2. The fraction of sp³-hybridized carbons (Fsp3) is 0.455. The van der Waals surface area contributed by atoms with Crippen molar-refractivity contribution in [1.82, 2.24) is 14.5 Å². The SMILES string of the molecule is Cn1cnc(N)c1S(=O)(=O)Nc1nc2c(s1)CCCC2. The van der Waals surface area contributed by atoms with E-state index in [4.69, 9.17) is 5.73 Å². The standard InChI is InChI=1S/C11H15N5O2S2/c1-16-6-13-9(12)10(16)20(17,18)15-11-14-7-4-2-3-5-8(7)19-11/h6H,2-5,12H2,1H3,(H,14,15). The van der Waals surface area contributed by atoms with Crippen molar-refractivity contribution >= 4 is 32.3 Å². The normalized spacial score (nSPS) is 15.1. The van der Waals surface area contributed by atoms with Crippen molar-refractivity contribution in [2.45, 2.75) is 30.7 Å². The third-order valence-electron chi connectivity index (χ3n) is 3.23. The third-order valence-corrected chi connectivity index (χ3v) is 5.90. The second-order valence-corrected chi connectivity index (χ2v) is 7.43. The summed E-state index contributed by atoms with van der Waals surface area (Å²) < 4.78 is 28.5. The van der Waals surface area contributed by atoms with Crippen LogP contribution < -0.4 is 10.5 Å². The Hall–Kier alpha value is -1.61. The Morgan fingerprint density at radius 3 is 2.80 bits per heavy atom. The number of hydrogen-bond acceptors (Lipinski definition) is 6. The molecule has 0 aliphatic heterocycles. The van der Waals surface area contributed by atoms with E-state index in [1.165, 1.54) is 27.1 Å². The predicted molar refractivity (Wildman–Crippen MR) is 77.2 cm³/mol. The first kappa shape index (κ1) is 13.4. The molecule has 20 heavy (non-hydrogen) atoms. The fourth-order valence-electron chi connectivity index (χ4n) is 2.32. The van der Waals surface area contributed by atoms with E-state index in [2.05, 4.69) is 14.7 Å². The number of nitrogen functional groups attached to an aromatic ring is 1. The molecule has 0 fully saturated rings. The van der Waals surface area contributed by atoms with Gasteiger partial charge < -0.3 is 10.3 Å². The van der Waals surface area contributed by atoms with E-state index in [0.29, 0.717) is 5.13 Å². The molecule has 1 aliphatic carbocycles. The van der Waals surface area contributed by atoms with Gasteiger partial charge in [-0.2, -0.15) is 8.42 Å². The van der Waals surface area contributed by atoms with Gasteiger partial charge in [-0.3, -0.25) is 4.72 Å². The highest BCUT2D eigenvalue weighted by molar-refractivity contribution is 7.93. The first-order valence-electron chi connectivity index (χ1n) is 6.25. The van der Waals surface area contributed by atoms with Gasteiger partial charge in [0.05, 0.1) is 12.0 Å². The van der Waals surface area contributed by atoms with Crippen molar-refractivity contribution in [3.8, 4) is 0 Å². The largest absolute Gasteiger partial charge is 0.381 e. The lowest BCUT2D eigenvalue weighted by Gasteiger charge is -2.06. The number of nitrogens with one attached hydrogen (secondary N) is 1. The molecule has 108 valence electrons. The van der Waals surface area contributed by atoms with Crippen molar-refractivity contribution in [3.63, 3.8) is 0 Å². The van der Waals surface area contributed by atoms with Crippen LogP contribution in [0.1, 0.15) is 23.4 Å². The Kier molecular flexibility index (Phi) is 3.17. The van der Waals surface area contributed by atoms with Gasteiger partial charge in [0.1, 0.15) is 0 Å². The van der Waals surface area contributed by atoms with Gasteiger partial charge in [0.25, 0.3) is 10.0 Å². The molecule has 3 rings (SSSR count). The molecule has 0 saturated heterocycles. The minimum absolute atomic E-state index is 0.0127. The molecule has 2 aromatic rings. The highest BCUT2D eigenvalue weighted by Crippen LogP contribution is 2.31. The van der Waals surface area contributed by atoms with Crippen LogP contribution in [-0.2, 0) is 29.9 Å². The van der Waals surface area contributed by atoms with E-state index < -0.39 is 10.0 Å². The van der Waals surface area contributed by atoms with Gasteiger partial charge in [0.2, 0.25) is 0 Å². The average molecular weight is 313 g/mol. The zero-order valence-electron chi connectivity index (χ0n) is 11.0. The maximum atomic E-state index is 12.3. The number of thiazole rings is 1. The number of rotatable bonds is 3. The van der Waals surface area contributed by atoms with Crippen molar-refractivity contribution in [2.24, 2.45) is 7.05 Å². The predicted octanol–water partition coefficient (Wildman–Crippen LogP) is 1.14. The quantitative estimate of drug-likeness (QED) is 0.884. The summed E-state index contributed by atoms with van der Waals surface area (Å²) in [6, 6.07) is 0. The van der Waals surface area contributed by atoms with Crippen LogP contribution in [0.2, 0.25) is 0 Å². The molecule has 0 saturated carbocycles. The Morgan fingerprint density at radius 1 is 1.40 bits per heavy atom. The lowest BCUT2D eigenvalue weighted by atomic mass is 10.0. The zero-order valence-corrected chi connectivity index (χ0v) is 12.6. The molecule has 0 radical (unpaired) electrons. The lowest BCUT2D eigenvalue weighted by molar-refractivity contribution is 0.592. The summed E-state index contributed by atoms with van der Waals surface area (Å²) in [6.07, 6.45) is 5.51. The summed E-state index contributed by atoms with van der Waals surface area (Å²) in [5.74, 6) is -0.0127. The van der Waals surface area contributed by atoms with E-state index in [1.807, 2.05) is 0 Å². The second-order valence-electron chi connectivity index (χ2n) is 4.75. The van der Waals surface area contributed by atoms with Crippen LogP contribution in [0.3, 0.4) is 0 Å². The van der Waals surface area contributed by atoms with E-state index in [1.54, 1.807) is 7.05 Å². The van der Waals surface area contributed by atoms with Gasteiger partial charge in [-0.25, -0.2) is 9.97 Å². The summed E-state index contributed by atoms with van der Waals surface area (Å²) in [7, 11) is -2.17. The Bertz CT molecular complexity index is 704. The lowest BCUT2D eigenvalue weighted by Crippen LogP contribution is -2.17. The fourth-order valence-corrected chi connectivity index (χ4v) is 4.85. The number of aryl methyl sites for hydroxylation is 3. The maximum Gasteiger partial charge on any atom is 0.283 e. The van der Waals surface area contributed by atoms with Gasteiger partial charge in [-0.1, -0.05) is 0 Å². The van der Waals surface area contributed by atoms with Crippen molar-refractivity contribution in [2.75, 3.05) is 10.5 Å². The number of fused-ring (bicyclic) bond motifs is 1. The molecular weight excluding hydrogens is 298 g/mol. The molecule has 1 aliphatic rings. The molecule has 9 heteroatoms. The number of imidazole rings is 1. The smallest absolute Gasteiger partial charge is 0.283 e. The van der Waals surface area contributed by atoms with Gasteiger partial charge in [-0.05, 0) is 25.7 Å². The number of nitrogens with two attached hydrogens (primary N) is 1. The number of nitrogens with zero attached hydrogens (tertiary/aromatic N) is 3. The van der Waals surface area contributed by atoms with Gasteiger partial charge in [0, 0.05) is 11.9 Å². The minimum atomic E-state index is -3.76. The van der Waals surface area contributed by atoms with Crippen LogP contribution in [-0.4, -0.2) is 23.0 Å². The van der Waals surface area contributed by atoms with Crippen molar-refractivity contribution in [1.29, 1.82) is 0 Å². The van der Waals surface area contributed by atoms with Gasteiger partial charge in [-0.15, -0.1) is 11.3 Å². The van der Waals surface area contributed by atoms with Crippen LogP contribution >= 0.6 is 11.3 Å². The highest BCUT2D eigenvalue weighted by Gasteiger charge is 2.25. The van der Waals surface area contributed by atoms with Gasteiger partial charge in [0.15, 0.2) is 16.0 Å². The average Bonchev–Trinajstić information content (AvgIpc) is 2.91. The van der Waals surface area contributed by atoms with Crippen LogP contribution in [0, 0.1) is 0 Å². The van der Waals surface area contributed by atoms with Crippen LogP contribution in [0.4, 0.5) is 10.9 Å². The van der Waals surface area contributed by atoms with Crippen LogP contribution in [0.15, 0.2) is 11.4 Å². The van der Waals surface area contributed by atoms with Gasteiger partial charge >= 0.3 is 0 Å². The Balaban J connectivity index is 1.92. The first-order valence-corrected chi connectivity index (χ1v) is 8.55. The maximum absolute atomic E-state index is 12.3. The summed E-state index contributed by atoms with van der Waals surface area (Å²) in [4.78, 5) is 9.33. The summed E-state index contributed by atoms with van der Waals surface area (Å²) in [6.45, 7) is 0. The van der Waals surface area contributed by atoms with Crippen LogP contribution in [0.5, 0.6) is 0 Å². The summed E-state index contributed by atoms with van der Waals surface area (Å²) in [5.41, 5.74) is 6.62. The molecule has 2 heterocycles. The number of hydrogen-bond donors (Lipinski definition) is 2. The summed E-state index contributed by atoms with van der Waals surface area (Å²) >= 11 is 1.40. The second kappa shape index (κ2) is 4.74. The first-order chi connectivity index (χ1) is 9.47. The van der Waals surface area contributed by atoms with E-state index in [-0.39, 0.29) is 10.8 Å². The monoisotopic (exact) mass is 313 g/mol. The molecule has 0 aromatic carbocycles. The van der Waals surface area contributed by atoms with E-state index in [9.17, 15) is 8.42 Å². The summed E-state index contributed by atoms with van der Waals surface area (Å²) in [5, 5.41) is 0.364. The minimum Gasteiger partial charge on any atom is -0.381 e. The third kappa shape index (κ3) is 2.27. The Labute approximate surface area is 120 Å². The molecule has 0 spiro atoms. The molecule has 7 nitrogen and oxygen atoms in total. The number of anilines is 2. The molecule has 0 atom stereocenters.